The Morgan fingerprint density at radius 3 is 1.77 bits per heavy atom. The number of β-amino-alcohol motifs (C(OH)–C–C–N with tert-alkyl or cyclic N) is 1. The van der Waals surface area contributed by atoms with Crippen LogP contribution in [0.25, 0.3) is 0 Å². The van der Waals surface area contributed by atoms with Crippen molar-refractivity contribution in [3.63, 3.8) is 0 Å². The summed E-state index contributed by atoms with van der Waals surface area (Å²) in [6, 6.07) is 38.9. The molecule has 0 bridgehead atoms. The minimum Gasteiger partial charge on any atom is -0.390 e. The summed E-state index contributed by atoms with van der Waals surface area (Å²) < 4.78 is 0. The molecule has 0 aromatic heterocycles. The van der Waals surface area contributed by atoms with E-state index in [1.165, 1.54) is 0 Å². The lowest BCUT2D eigenvalue weighted by Crippen LogP contribution is -2.51. The van der Waals surface area contributed by atoms with Crippen molar-refractivity contribution in [1.82, 2.24) is 14.9 Å². The fourth-order valence-electron chi connectivity index (χ4n) is 5.09. The largest absolute Gasteiger partial charge is 0.390 e. The number of aliphatic hydroxyl groups excluding tert-OH is 1. The minimum atomic E-state index is -0.781. The molecule has 1 fully saturated rings. The topological polar surface area (TPSA) is 70.8 Å². The first-order valence-corrected chi connectivity index (χ1v) is 13.2. The first-order chi connectivity index (χ1) is 19.1. The van der Waals surface area contributed by atoms with Gasteiger partial charge < -0.3 is 10.0 Å². The molecule has 1 saturated heterocycles. The lowest BCUT2D eigenvalue weighted by molar-refractivity contribution is -0.0213. The maximum absolute atomic E-state index is 14.5. The van der Waals surface area contributed by atoms with Crippen molar-refractivity contribution in [3.05, 3.63) is 143 Å². The fourth-order valence-corrected chi connectivity index (χ4v) is 5.09. The molecule has 0 saturated carbocycles. The van der Waals surface area contributed by atoms with Gasteiger partial charge in [-0.25, -0.2) is 9.80 Å². The molecule has 1 aliphatic heterocycles. The van der Waals surface area contributed by atoms with Gasteiger partial charge in [0.1, 0.15) is 0 Å². The second-order valence-corrected chi connectivity index (χ2v) is 9.92. The highest BCUT2D eigenvalue weighted by Crippen LogP contribution is 2.26. The number of hydrogen-bond donors (Lipinski definition) is 1. The van der Waals surface area contributed by atoms with Crippen molar-refractivity contribution in [2.45, 2.75) is 38.2 Å². The number of hydrazine groups is 1. The molecule has 1 aliphatic rings. The van der Waals surface area contributed by atoms with Gasteiger partial charge in [0.05, 0.1) is 30.3 Å². The molecule has 39 heavy (non-hydrogen) atoms. The Morgan fingerprint density at radius 1 is 0.692 bits per heavy atom. The fraction of sp³-hybridized carbons (Fsp3) is 0.212. The van der Waals surface area contributed by atoms with Crippen LogP contribution < -0.4 is 0 Å². The van der Waals surface area contributed by atoms with E-state index in [2.05, 4.69) is 6.07 Å². The molecule has 1 heterocycles. The van der Waals surface area contributed by atoms with Crippen LogP contribution in [-0.4, -0.2) is 44.7 Å². The molecule has 196 valence electrons. The summed E-state index contributed by atoms with van der Waals surface area (Å²) in [6.45, 7) is 1.50. The van der Waals surface area contributed by atoms with Crippen molar-refractivity contribution in [2.75, 3.05) is 6.54 Å². The molecule has 1 N–H and O–H groups in total. The summed E-state index contributed by atoms with van der Waals surface area (Å²) in [6.07, 6.45) is -0.234. The maximum atomic E-state index is 14.5. The van der Waals surface area contributed by atoms with Crippen LogP contribution in [0.2, 0.25) is 0 Å². The minimum absolute atomic E-state index is 0.145. The third-order valence-electron chi connectivity index (χ3n) is 7.16. The van der Waals surface area contributed by atoms with E-state index in [-0.39, 0.29) is 6.03 Å². The van der Waals surface area contributed by atoms with Crippen LogP contribution in [0.3, 0.4) is 0 Å². The number of hydrogen-bond acceptors (Lipinski definition) is 4. The monoisotopic (exact) mass is 516 g/mol. The number of rotatable bonds is 8. The highest BCUT2D eigenvalue weighted by Gasteiger charge is 2.40. The Kier molecular flexibility index (Phi) is 8.33. The van der Waals surface area contributed by atoms with Crippen molar-refractivity contribution in [3.8, 4) is 6.07 Å². The molecule has 4 aromatic carbocycles. The lowest BCUT2D eigenvalue weighted by Gasteiger charge is -2.36. The van der Waals surface area contributed by atoms with Gasteiger partial charge in [0.15, 0.2) is 0 Å². The molecule has 0 radical (unpaired) electrons. The average molecular weight is 517 g/mol. The Labute approximate surface area is 229 Å². The quantitative estimate of drug-likeness (QED) is 0.341. The number of nitrogens with zero attached hydrogens (tertiary/aromatic N) is 4. The highest BCUT2D eigenvalue weighted by molar-refractivity contribution is 5.75. The van der Waals surface area contributed by atoms with Crippen LogP contribution in [0.1, 0.15) is 27.8 Å². The zero-order chi connectivity index (χ0) is 27.0. The van der Waals surface area contributed by atoms with Crippen molar-refractivity contribution in [2.24, 2.45) is 0 Å². The lowest BCUT2D eigenvalue weighted by atomic mass is 9.99. The summed E-state index contributed by atoms with van der Waals surface area (Å²) in [4.78, 5) is 16.3. The maximum Gasteiger partial charge on any atom is 0.335 e. The predicted molar refractivity (Wildman–Crippen MR) is 151 cm³/mol. The summed E-state index contributed by atoms with van der Waals surface area (Å²) >= 11 is 0. The summed E-state index contributed by atoms with van der Waals surface area (Å²) in [5, 5.41) is 24.6. The third-order valence-corrected chi connectivity index (χ3v) is 7.16. The number of urea groups is 1. The smallest absolute Gasteiger partial charge is 0.335 e. The molecule has 6 heteroatoms. The average Bonchev–Trinajstić information content (AvgIpc) is 3.06. The number of carbonyl (C=O) groups excluding carboxylic acids is 1. The van der Waals surface area contributed by atoms with E-state index in [9.17, 15) is 15.2 Å². The van der Waals surface area contributed by atoms with Gasteiger partial charge in [-0.05, 0) is 40.8 Å². The first kappa shape index (κ1) is 26.2. The second-order valence-electron chi connectivity index (χ2n) is 9.92. The summed E-state index contributed by atoms with van der Waals surface area (Å²) in [5.41, 5.74) is 4.64. The van der Waals surface area contributed by atoms with Gasteiger partial charge in [-0.2, -0.15) is 5.26 Å². The normalized spacial score (nSPS) is 18.0. The Bertz CT molecular complexity index is 1390. The Morgan fingerprint density at radius 2 is 1.21 bits per heavy atom. The molecule has 2 atom stereocenters. The van der Waals surface area contributed by atoms with Gasteiger partial charge in [0.25, 0.3) is 0 Å². The van der Waals surface area contributed by atoms with Gasteiger partial charge in [-0.1, -0.05) is 103 Å². The predicted octanol–water partition coefficient (Wildman–Crippen LogP) is 5.39. The molecule has 6 nitrogen and oxygen atoms in total. The summed E-state index contributed by atoms with van der Waals surface area (Å²) in [5.74, 6) is 0. The van der Waals surface area contributed by atoms with Crippen LogP contribution in [0.15, 0.2) is 115 Å². The van der Waals surface area contributed by atoms with E-state index < -0.39 is 12.1 Å². The number of carbonyl (C=O) groups is 1. The van der Waals surface area contributed by atoms with Crippen LogP contribution in [0.4, 0.5) is 4.79 Å². The zero-order valence-corrected chi connectivity index (χ0v) is 21.8. The number of amides is 2. The van der Waals surface area contributed by atoms with E-state index in [1.807, 2.05) is 113 Å². The van der Waals surface area contributed by atoms with Crippen LogP contribution in [-0.2, 0) is 26.1 Å². The molecular weight excluding hydrogens is 484 g/mol. The van der Waals surface area contributed by atoms with Crippen LogP contribution >= 0.6 is 0 Å². The van der Waals surface area contributed by atoms with Gasteiger partial charge in [0, 0.05) is 19.6 Å². The summed E-state index contributed by atoms with van der Waals surface area (Å²) in [7, 11) is 0. The van der Waals surface area contributed by atoms with Crippen molar-refractivity contribution < 1.29 is 9.90 Å². The Balaban J connectivity index is 1.53. The van der Waals surface area contributed by atoms with Crippen LogP contribution in [0, 0.1) is 11.3 Å². The van der Waals surface area contributed by atoms with Gasteiger partial charge >= 0.3 is 6.03 Å². The van der Waals surface area contributed by atoms with E-state index in [1.54, 1.807) is 17.1 Å². The van der Waals surface area contributed by atoms with Crippen molar-refractivity contribution >= 4 is 6.03 Å². The zero-order valence-electron chi connectivity index (χ0n) is 21.8. The van der Waals surface area contributed by atoms with Gasteiger partial charge in [0.2, 0.25) is 0 Å². The highest BCUT2D eigenvalue weighted by atomic mass is 16.3. The van der Waals surface area contributed by atoms with Gasteiger partial charge in [-0.15, -0.1) is 0 Å². The second kappa shape index (κ2) is 12.4. The van der Waals surface area contributed by atoms with E-state index in [0.29, 0.717) is 38.2 Å². The standard InChI is InChI=1S/C33H32N4O2/c34-21-27-16-18-30(19-17-27)22-35-25-32(38)31(20-26-10-4-1-5-11-26)36(23-28-12-6-2-7-13-28)33(39)37(35)24-29-14-8-3-9-15-29/h1-19,31-32,38H,20,22-25H2/t31-,32-/m0/s1. The van der Waals surface area contributed by atoms with Crippen molar-refractivity contribution in [1.29, 1.82) is 5.26 Å². The van der Waals surface area contributed by atoms with E-state index in [4.69, 9.17) is 0 Å². The number of aliphatic hydroxyl groups is 1. The first-order valence-electron chi connectivity index (χ1n) is 13.2. The molecular formula is C33H32N4O2. The molecule has 0 unspecified atom stereocenters. The molecule has 0 aliphatic carbocycles. The third kappa shape index (κ3) is 6.53. The Hall–Kier alpha value is -4.44. The molecule has 4 aromatic rings. The van der Waals surface area contributed by atoms with E-state index >= 15 is 0 Å². The molecule has 2 amide bonds. The van der Waals surface area contributed by atoms with Gasteiger partial charge in [-0.3, -0.25) is 5.01 Å². The molecule has 0 spiro atoms. The van der Waals surface area contributed by atoms with Crippen LogP contribution in [0.5, 0.6) is 0 Å². The SMILES string of the molecule is N#Cc1ccc(CN2C[C@H](O)[C@H](Cc3ccccc3)N(Cc3ccccc3)C(=O)N2Cc2ccccc2)cc1. The molecule has 5 rings (SSSR count). The number of benzene rings is 4. The number of nitriles is 1. The van der Waals surface area contributed by atoms with E-state index in [0.717, 1.165) is 22.3 Å².